The molecule has 0 saturated carbocycles. The summed E-state index contributed by atoms with van der Waals surface area (Å²) in [5.74, 6) is -0.231. The molecule has 0 fully saturated rings. The van der Waals surface area contributed by atoms with Gasteiger partial charge in [-0.2, -0.15) is 5.10 Å². The normalized spacial score (nSPS) is 10.3. The minimum atomic E-state index is -0.467. The number of aromatic nitrogens is 2. The standard InChI is InChI=1S/C13H14N4O3/c1-9-7-11(17(19)20)3-4-12(9)14-13(18)8-16-6-5-10(2)15-16/h3-7H,8H2,1-2H3,(H,14,18). The molecule has 0 bridgehead atoms. The van der Waals surface area contributed by atoms with E-state index in [1.807, 2.05) is 13.0 Å². The van der Waals surface area contributed by atoms with Gasteiger partial charge in [-0.25, -0.2) is 0 Å². The number of nitro groups is 1. The Labute approximate surface area is 115 Å². The maximum absolute atomic E-state index is 11.9. The third kappa shape index (κ3) is 3.19. The molecule has 2 aromatic rings. The molecule has 0 spiro atoms. The molecule has 1 aromatic carbocycles. The highest BCUT2D eigenvalue weighted by Gasteiger charge is 2.10. The molecule has 0 saturated heterocycles. The van der Waals surface area contributed by atoms with E-state index in [1.54, 1.807) is 13.1 Å². The molecular formula is C13H14N4O3. The van der Waals surface area contributed by atoms with E-state index in [-0.39, 0.29) is 18.1 Å². The molecular weight excluding hydrogens is 260 g/mol. The van der Waals surface area contributed by atoms with Gasteiger partial charge in [0.2, 0.25) is 5.91 Å². The number of nitrogens with one attached hydrogen (secondary N) is 1. The summed E-state index contributed by atoms with van der Waals surface area (Å²) in [5.41, 5.74) is 2.04. The van der Waals surface area contributed by atoms with Crippen LogP contribution >= 0.6 is 0 Å². The van der Waals surface area contributed by atoms with Gasteiger partial charge in [0.05, 0.1) is 10.6 Å². The molecule has 0 aliphatic carbocycles. The fourth-order valence-electron chi connectivity index (χ4n) is 1.79. The molecule has 7 heteroatoms. The summed E-state index contributed by atoms with van der Waals surface area (Å²) in [7, 11) is 0. The molecule has 0 atom stereocenters. The number of rotatable bonds is 4. The molecule has 1 N–H and O–H groups in total. The van der Waals surface area contributed by atoms with Crippen LogP contribution in [0.4, 0.5) is 11.4 Å². The fraction of sp³-hybridized carbons (Fsp3) is 0.231. The summed E-state index contributed by atoms with van der Waals surface area (Å²) in [4.78, 5) is 22.0. The van der Waals surface area contributed by atoms with Gasteiger partial charge in [-0.1, -0.05) is 0 Å². The summed E-state index contributed by atoms with van der Waals surface area (Å²) in [5, 5.41) is 17.5. The fourth-order valence-corrected chi connectivity index (χ4v) is 1.79. The summed E-state index contributed by atoms with van der Waals surface area (Å²) >= 11 is 0. The number of hydrogen-bond acceptors (Lipinski definition) is 4. The quantitative estimate of drug-likeness (QED) is 0.682. The van der Waals surface area contributed by atoms with E-state index < -0.39 is 4.92 Å². The maximum atomic E-state index is 11.9. The van der Waals surface area contributed by atoms with Crippen molar-refractivity contribution >= 4 is 17.3 Å². The van der Waals surface area contributed by atoms with Crippen LogP contribution in [-0.4, -0.2) is 20.6 Å². The van der Waals surface area contributed by atoms with Crippen molar-refractivity contribution in [3.05, 3.63) is 51.8 Å². The van der Waals surface area contributed by atoms with Crippen LogP contribution in [0, 0.1) is 24.0 Å². The van der Waals surface area contributed by atoms with Gasteiger partial charge >= 0.3 is 0 Å². The van der Waals surface area contributed by atoms with Crippen LogP contribution in [0.15, 0.2) is 30.5 Å². The third-order valence-corrected chi connectivity index (χ3v) is 2.77. The monoisotopic (exact) mass is 274 g/mol. The van der Waals surface area contributed by atoms with Crippen LogP contribution in [0.1, 0.15) is 11.3 Å². The number of carbonyl (C=O) groups excluding carboxylic acids is 1. The average Bonchev–Trinajstić information content (AvgIpc) is 2.77. The number of nitro benzene ring substituents is 1. The minimum Gasteiger partial charge on any atom is -0.324 e. The Balaban J connectivity index is 2.06. The van der Waals surface area contributed by atoms with Crippen molar-refractivity contribution in [1.82, 2.24) is 9.78 Å². The van der Waals surface area contributed by atoms with Crippen molar-refractivity contribution < 1.29 is 9.72 Å². The van der Waals surface area contributed by atoms with E-state index in [0.717, 1.165) is 5.69 Å². The van der Waals surface area contributed by atoms with Gasteiger partial charge < -0.3 is 5.32 Å². The number of nitrogens with zero attached hydrogens (tertiary/aromatic N) is 3. The minimum absolute atomic E-state index is 0.00296. The molecule has 1 amide bonds. The number of amides is 1. The molecule has 0 radical (unpaired) electrons. The molecule has 0 aliphatic heterocycles. The van der Waals surface area contributed by atoms with E-state index in [1.165, 1.54) is 22.9 Å². The largest absolute Gasteiger partial charge is 0.324 e. The summed E-state index contributed by atoms with van der Waals surface area (Å²) in [6.45, 7) is 3.65. The number of anilines is 1. The second-order valence-corrected chi connectivity index (χ2v) is 4.46. The number of benzene rings is 1. The van der Waals surface area contributed by atoms with Crippen molar-refractivity contribution in [2.45, 2.75) is 20.4 Å². The highest BCUT2D eigenvalue weighted by Crippen LogP contribution is 2.21. The van der Waals surface area contributed by atoms with E-state index in [0.29, 0.717) is 11.3 Å². The van der Waals surface area contributed by atoms with Gasteiger partial charge in [-0.15, -0.1) is 0 Å². The zero-order valence-electron chi connectivity index (χ0n) is 11.2. The number of non-ortho nitro benzene ring substituents is 1. The van der Waals surface area contributed by atoms with E-state index in [9.17, 15) is 14.9 Å². The molecule has 7 nitrogen and oxygen atoms in total. The predicted molar refractivity (Wildman–Crippen MR) is 73.4 cm³/mol. The van der Waals surface area contributed by atoms with Crippen LogP contribution in [0.5, 0.6) is 0 Å². The average molecular weight is 274 g/mol. The first kappa shape index (κ1) is 13.7. The number of carbonyl (C=O) groups is 1. The SMILES string of the molecule is Cc1ccn(CC(=O)Nc2ccc([N+](=O)[O-])cc2C)n1. The topological polar surface area (TPSA) is 90.1 Å². The second kappa shape index (κ2) is 5.52. The lowest BCUT2D eigenvalue weighted by atomic mass is 10.2. The second-order valence-electron chi connectivity index (χ2n) is 4.46. The lowest BCUT2D eigenvalue weighted by Gasteiger charge is -2.08. The first-order valence-corrected chi connectivity index (χ1v) is 6.00. The first-order valence-electron chi connectivity index (χ1n) is 6.00. The predicted octanol–water partition coefficient (Wildman–Crippen LogP) is 2.05. The Hall–Kier alpha value is -2.70. The Morgan fingerprint density at radius 3 is 2.70 bits per heavy atom. The highest BCUT2D eigenvalue weighted by atomic mass is 16.6. The molecule has 20 heavy (non-hydrogen) atoms. The van der Waals surface area contributed by atoms with E-state index in [4.69, 9.17) is 0 Å². The molecule has 1 heterocycles. The Bertz CT molecular complexity index is 663. The summed E-state index contributed by atoms with van der Waals surface area (Å²) in [6.07, 6.45) is 1.72. The van der Waals surface area contributed by atoms with Crippen LogP contribution in [0.2, 0.25) is 0 Å². The van der Waals surface area contributed by atoms with E-state index >= 15 is 0 Å². The lowest BCUT2D eigenvalue weighted by Crippen LogP contribution is -2.19. The zero-order chi connectivity index (χ0) is 14.7. The maximum Gasteiger partial charge on any atom is 0.269 e. The van der Waals surface area contributed by atoms with Crippen molar-refractivity contribution in [3.63, 3.8) is 0 Å². The molecule has 0 aliphatic rings. The first-order chi connectivity index (χ1) is 9.45. The van der Waals surface area contributed by atoms with E-state index in [2.05, 4.69) is 10.4 Å². The van der Waals surface area contributed by atoms with Crippen LogP contribution in [0.3, 0.4) is 0 Å². The number of hydrogen-bond donors (Lipinski definition) is 1. The smallest absolute Gasteiger partial charge is 0.269 e. The van der Waals surface area contributed by atoms with Crippen molar-refractivity contribution in [2.24, 2.45) is 0 Å². The highest BCUT2D eigenvalue weighted by molar-refractivity contribution is 5.91. The van der Waals surface area contributed by atoms with Crippen LogP contribution in [-0.2, 0) is 11.3 Å². The zero-order valence-corrected chi connectivity index (χ0v) is 11.2. The Morgan fingerprint density at radius 1 is 1.40 bits per heavy atom. The van der Waals surface area contributed by atoms with Crippen molar-refractivity contribution in [1.29, 1.82) is 0 Å². The van der Waals surface area contributed by atoms with Gasteiger partial charge in [0, 0.05) is 24.0 Å². The lowest BCUT2D eigenvalue weighted by molar-refractivity contribution is -0.384. The van der Waals surface area contributed by atoms with Crippen LogP contribution < -0.4 is 5.32 Å². The molecule has 104 valence electrons. The number of aryl methyl sites for hydroxylation is 2. The molecule has 2 rings (SSSR count). The Morgan fingerprint density at radius 2 is 2.15 bits per heavy atom. The summed E-state index contributed by atoms with van der Waals surface area (Å²) in [6, 6.07) is 6.12. The van der Waals surface area contributed by atoms with Gasteiger partial charge in [-0.05, 0) is 31.5 Å². The van der Waals surface area contributed by atoms with Gasteiger partial charge in [0.15, 0.2) is 0 Å². The van der Waals surface area contributed by atoms with Crippen LogP contribution in [0.25, 0.3) is 0 Å². The molecule has 1 aromatic heterocycles. The molecule has 0 unspecified atom stereocenters. The summed E-state index contributed by atoms with van der Waals surface area (Å²) < 4.78 is 1.53. The van der Waals surface area contributed by atoms with Gasteiger partial charge in [0.1, 0.15) is 6.54 Å². The third-order valence-electron chi connectivity index (χ3n) is 2.77. The van der Waals surface area contributed by atoms with Crippen molar-refractivity contribution in [3.8, 4) is 0 Å². The van der Waals surface area contributed by atoms with Crippen molar-refractivity contribution in [2.75, 3.05) is 5.32 Å². The van der Waals surface area contributed by atoms with Gasteiger partial charge in [0.25, 0.3) is 5.69 Å². The van der Waals surface area contributed by atoms with Gasteiger partial charge in [-0.3, -0.25) is 19.6 Å². The Kier molecular flexibility index (Phi) is 3.79.